The lowest BCUT2D eigenvalue weighted by atomic mass is 10.0. The number of H-pyrrole nitrogens is 1. The van der Waals surface area contributed by atoms with E-state index in [4.69, 9.17) is 0 Å². The molecule has 28 heavy (non-hydrogen) atoms. The second-order valence-electron chi connectivity index (χ2n) is 7.28. The van der Waals surface area contributed by atoms with Crippen LogP contribution in [-0.4, -0.2) is 49.7 Å². The molecule has 0 atom stereocenters. The molecule has 1 aromatic carbocycles. The number of aromatic nitrogens is 3. The Bertz CT molecular complexity index is 1080. The predicted molar refractivity (Wildman–Crippen MR) is 101 cm³/mol. The Morgan fingerprint density at radius 3 is 2.57 bits per heavy atom. The average molecular weight is 384 g/mol. The molecule has 2 aromatic heterocycles. The van der Waals surface area contributed by atoms with Crippen LogP contribution in [0.5, 0.6) is 0 Å². The van der Waals surface area contributed by atoms with Gasteiger partial charge in [0.15, 0.2) is 0 Å². The number of aromatic carboxylic acids is 1. The van der Waals surface area contributed by atoms with E-state index in [2.05, 4.69) is 10.1 Å². The second-order valence-corrected chi connectivity index (χ2v) is 7.28. The fourth-order valence-electron chi connectivity index (χ4n) is 3.98. The van der Waals surface area contributed by atoms with Crippen LogP contribution >= 0.6 is 0 Å². The third-order valence-corrected chi connectivity index (χ3v) is 5.51. The number of carbonyl (C=O) groups excluding carboxylic acids is 1. The summed E-state index contributed by atoms with van der Waals surface area (Å²) in [5.41, 5.74) is 2.69. The van der Waals surface area contributed by atoms with Crippen molar-refractivity contribution in [3.8, 4) is 0 Å². The van der Waals surface area contributed by atoms with E-state index in [-0.39, 0.29) is 23.3 Å². The van der Waals surface area contributed by atoms with Gasteiger partial charge in [-0.15, -0.1) is 0 Å². The molecule has 2 N–H and O–H groups in total. The summed E-state index contributed by atoms with van der Waals surface area (Å²) in [5.74, 6) is -1.43. The molecule has 0 aliphatic carbocycles. The lowest BCUT2D eigenvalue weighted by Crippen LogP contribution is -2.39. The van der Waals surface area contributed by atoms with Gasteiger partial charge in [-0.3, -0.25) is 9.48 Å². The molecule has 1 aliphatic rings. The van der Waals surface area contributed by atoms with Gasteiger partial charge in [0.1, 0.15) is 17.1 Å². The van der Waals surface area contributed by atoms with Gasteiger partial charge in [-0.25, -0.2) is 9.18 Å². The van der Waals surface area contributed by atoms with Gasteiger partial charge in [-0.1, -0.05) is 0 Å². The van der Waals surface area contributed by atoms with Crippen LogP contribution in [0.4, 0.5) is 4.39 Å². The zero-order chi connectivity index (χ0) is 20.0. The molecule has 3 aromatic rings. The number of carbonyl (C=O) groups is 2. The minimum absolute atomic E-state index is 0.0659. The second kappa shape index (κ2) is 6.78. The Morgan fingerprint density at radius 2 is 1.93 bits per heavy atom. The van der Waals surface area contributed by atoms with Crippen molar-refractivity contribution < 1.29 is 19.1 Å². The summed E-state index contributed by atoms with van der Waals surface area (Å²) in [5, 5.41) is 14.2. The first-order valence-electron chi connectivity index (χ1n) is 9.20. The largest absolute Gasteiger partial charge is 0.478 e. The van der Waals surface area contributed by atoms with Gasteiger partial charge >= 0.3 is 5.97 Å². The Kier molecular flexibility index (Phi) is 4.41. The summed E-state index contributed by atoms with van der Waals surface area (Å²) in [6, 6.07) is 4.69. The van der Waals surface area contributed by atoms with E-state index in [1.54, 1.807) is 22.6 Å². The number of amides is 1. The normalized spacial score (nSPS) is 15.3. The number of fused-ring (bicyclic) bond motifs is 1. The van der Waals surface area contributed by atoms with Gasteiger partial charge in [0.25, 0.3) is 5.91 Å². The van der Waals surface area contributed by atoms with E-state index in [0.717, 1.165) is 10.9 Å². The number of nitrogens with zero attached hydrogens (tertiary/aromatic N) is 3. The first kappa shape index (κ1) is 18.2. The number of hydrogen-bond acceptors (Lipinski definition) is 3. The van der Waals surface area contributed by atoms with E-state index >= 15 is 0 Å². The number of carboxylic acids is 1. The fourth-order valence-corrected chi connectivity index (χ4v) is 3.98. The Morgan fingerprint density at radius 1 is 1.21 bits per heavy atom. The third kappa shape index (κ3) is 3.04. The van der Waals surface area contributed by atoms with E-state index < -0.39 is 5.97 Å². The summed E-state index contributed by atoms with van der Waals surface area (Å²) in [7, 11) is 0. The van der Waals surface area contributed by atoms with Gasteiger partial charge in [0.2, 0.25) is 0 Å². The Balaban J connectivity index is 1.49. The lowest BCUT2D eigenvalue weighted by Gasteiger charge is -2.32. The van der Waals surface area contributed by atoms with Gasteiger partial charge in [0.05, 0.1) is 17.9 Å². The van der Waals surface area contributed by atoms with Crippen molar-refractivity contribution in [3.05, 3.63) is 52.7 Å². The Labute approximate surface area is 160 Å². The van der Waals surface area contributed by atoms with Crippen LogP contribution in [-0.2, 0) is 0 Å². The molecule has 0 bridgehead atoms. The van der Waals surface area contributed by atoms with Gasteiger partial charge in [0, 0.05) is 24.0 Å². The van der Waals surface area contributed by atoms with Crippen molar-refractivity contribution in [1.82, 2.24) is 19.7 Å². The number of piperidine rings is 1. The number of nitrogens with one attached hydrogen (secondary N) is 1. The number of aryl methyl sites for hydroxylation is 1. The summed E-state index contributed by atoms with van der Waals surface area (Å²) < 4.78 is 15.3. The van der Waals surface area contributed by atoms with Gasteiger partial charge in [-0.2, -0.15) is 5.10 Å². The van der Waals surface area contributed by atoms with Crippen LogP contribution in [0.2, 0.25) is 0 Å². The van der Waals surface area contributed by atoms with Gasteiger partial charge in [-0.05, 0) is 50.5 Å². The zero-order valence-corrected chi connectivity index (χ0v) is 15.7. The summed E-state index contributed by atoms with van der Waals surface area (Å²) >= 11 is 0. The smallest absolute Gasteiger partial charge is 0.339 e. The monoisotopic (exact) mass is 384 g/mol. The SMILES string of the molecule is Cc1cc(F)cc2[nH]c(C(=O)N3CCC(n4ncc(C(=O)O)c4C)CC3)cc12. The molecule has 1 amide bonds. The number of hydrogen-bond donors (Lipinski definition) is 2. The van der Waals surface area contributed by atoms with Gasteiger partial charge < -0.3 is 15.0 Å². The summed E-state index contributed by atoms with van der Waals surface area (Å²) in [4.78, 5) is 28.9. The van der Waals surface area contributed by atoms with Crippen LogP contribution in [0.3, 0.4) is 0 Å². The average Bonchev–Trinajstić information content (AvgIpc) is 3.25. The van der Waals surface area contributed by atoms with E-state index in [0.29, 0.717) is 42.8 Å². The van der Waals surface area contributed by atoms with Crippen LogP contribution in [0.15, 0.2) is 24.4 Å². The molecule has 0 spiro atoms. The molecule has 0 saturated carbocycles. The predicted octanol–water partition coefficient (Wildman–Crippen LogP) is 3.30. The number of benzene rings is 1. The van der Waals surface area contributed by atoms with Crippen molar-refractivity contribution in [2.24, 2.45) is 0 Å². The summed E-state index contributed by atoms with van der Waals surface area (Å²) in [6.07, 6.45) is 2.77. The van der Waals surface area contributed by atoms with Crippen molar-refractivity contribution in [1.29, 1.82) is 0 Å². The molecular formula is C20H21FN4O3. The number of likely N-dealkylation sites (tertiary alicyclic amines) is 1. The topological polar surface area (TPSA) is 91.2 Å². The van der Waals surface area contributed by atoms with Crippen molar-refractivity contribution in [2.75, 3.05) is 13.1 Å². The lowest BCUT2D eigenvalue weighted by molar-refractivity contribution is 0.0683. The van der Waals surface area contributed by atoms with E-state index in [1.165, 1.54) is 18.3 Å². The number of aromatic amines is 1. The Hall–Kier alpha value is -3.16. The molecule has 1 saturated heterocycles. The zero-order valence-electron chi connectivity index (χ0n) is 15.7. The highest BCUT2D eigenvalue weighted by molar-refractivity contribution is 5.98. The maximum atomic E-state index is 13.6. The first-order valence-corrected chi connectivity index (χ1v) is 9.20. The molecule has 1 aliphatic heterocycles. The highest BCUT2D eigenvalue weighted by Crippen LogP contribution is 2.27. The minimum atomic E-state index is -0.984. The van der Waals surface area contributed by atoms with Crippen molar-refractivity contribution in [2.45, 2.75) is 32.7 Å². The molecule has 4 rings (SSSR count). The number of carboxylic acid groups (broad SMARTS) is 1. The van der Waals surface area contributed by atoms with E-state index in [9.17, 15) is 19.1 Å². The molecule has 3 heterocycles. The van der Waals surface area contributed by atoms with Crippen molar-refractivity contribution >= 4 is 22.8 Å². The van der Waals surface area contributed by atoms with Crippen molar-refractivity contribution in [3.63, 3.8) is 0 Å². The number of rotatable bonds is 3. The van der Waals surface area contributed by atoms with Crippen LogP contribution in [0, 0.1) is 19.7 Å². The van der Waals surface area contributed by atoms with Crippen LogP contribution in [0.25, 0.3) is 10.9 Å². The maximum absolute atomic E-state index is 13.6. The molecule has 1 fully saturated rings. The minimum Gasteiger partial charge on any atom is -0.478 e. The van der Waals surface area contributed by atoms with Crippen LogP contribution < -0.4 is 0 Å². The van der Waals surface area contributed by atoms with E-state index in [1.807, 2.05) is 6.92 Å². The molecule has 8 heteroatoms. The molecule has 146 valence electrons. The molecule has 0 unspecified atom stereocenters. The molecular weight excluding hydrogens is 363 g/mol. The van der Waals surface area contributed by atoms with Crippen LogP contribution in [0.1, 0.15) is 51.0 Å². The molecule has 0 radical (unpaired) electrons. The molecule has 7 nitrogen and oxygen atoms in total. The quantitative estimate of drug-likeness (QED) is 0.725. The summed E-state index contributed by atoms with van der Waals surface area (Å²) in [6.45, 7) is 4.67. The standard InChI is InChI=1S/C20H21FN4O3/c1-11-7-13(21)8-17-15(11)9-18(23-17)19(26)24-5-3-14(4-6-24)25-12(2)16(10-22-25)20(27)28/h7-10,14,23H,3-6H2,1-2H3,(H,27,28). The first-order chi connectivity index (χ1) is 13.3. The highest BCUT2D eigenvalue weighted by Gasteiger charge is 2.27. The number of halogens is 1. The third-order valence-electron chi connectivity index (χ3n) is 5.51. The maximum Gasteiger partial charge on any atom is 0.339 e. The highest BCUT2D eigenvalue weighted by atomic mass is 19.1. The fraction of sp³-hybridized carbons (Fsp3) is 0.350.